The third-order valence-corrected chi connectivity index (χ3v) is 4.82. The maximum absolute atomic E-state index is 12.4. The quantitative estimate of drug-likeness (QED) is 0.369. The van der Waals surface area contributed by atoms with Crippen LogP contribution >= 0.6 is 12.2 Å². The fourth-order valence-electron chi connectivity index (χ4n) is 2.87. The highest BCUT2D eigenvalue weighted by atomic mass is 32.1. The number of nitrogens with one attached hydrogen (secondary N) is 2. The fraction of sp³-hybridized carbons (Fsp3) is 0.500. The number of esters is 1. The molecule has 2 N–H and O–H groups in total. The minimum Gasteiger partial charge on any atom is -0.497 e. The van der Waals surface area contributed by atoms with Crippen molar-refractivity contribution in [2.24, 2.45) is 0 Å². The molecule has 158 valence electrons. The maximum Gasteiger partial charge on any atom is 0.308 e. The van der Waals surface area contributed by atoms with Crippen molar-refractivity contribution >= 4 is 35.1 Å². The van der Waals surface area contributed by atoms with Gasteiger partial charge in [0.05, 0.1) is 26.6 Å². The number of unbranched alkanes of at least 4 members (excludes halogenated alkanes) is 1. The van der Waals surface area contributed by atoms with E-state index in [9.17, 15) is 14.4 Å². The van der Waals surface area contributed by atoms with Crippen molar-refractivity contribution in [1.29, 1.82) is 0 Å². The van der Waals surface area contributed by atoms with Crippen molar-refractivity contribution in [2.45, 2.75) is 38.6 Å². The summed E-state index contributed by atoms with van der Waals surface area (Å²) in [5.41, 5.74) is 0.804. The van der Waals surface area contributed by atoms with Gasteiger partial charge in [0, 0.05) is 13.1 Å². The number of rotatable bonds is 8. The Kier molecular flexibility index (Phi) is 8.85. The van der Waals surface area contributed by atoms with E-state index in [1.54, 1.807) is 36.3 Å². The number of carbonyl (C=O) groups is 3. The summed E-state index contributed by atoms with van der Waals surface area (Å²) in [6.45, 7) is 3.11. The average molecular weight is 422 g/mol. The number of benzene rings is 1. The fourth-order valence-corrected chi connectivity index (χ4v) is 3.20. The molecule has 0 bridgehead atoms. The van der Waals surface area contributed by atoms with Gasteiger partial charge in [0.15, 0.2) is 5.11 Å². The highest BCUT2D eigenvalue weighted by molar-refractivity contribution is 7.80. The molecular weight excluding hydrogens is 394 g/mol. The van der Waals surface area contributed by atoms with Gasteiger partial charge in [0.25, 0.3) is 0 Å². The molecule has 1 aromatic rings. The number of thiocarbonyl (C=S) groups is 1. The number of methoxy groups -OCH3 is 1. The molecule has 0 radical (unpaired) electrons. The van der Waals surface area contributed by atoms with Crippen LogP contribution in [0.1, 0.15) is 31.7 Å². The molecule has 8 nitrogen and oxygen atoms in total. The van der Waals surface area contributed by atoms with Crippen LogP contribution < -0.4 is 15.4 Å². The van der Waals surface area contributed by atoms with Crippen molar-refractivity contribution < 1.29 is 23.9 Å². The molecule has 2 rings (SSSR count). The third-order valence-electron chi connectivity index (χ3n) is 4.48. The largest absolute Gasteiger partial charge is 0.497 e. The lowest BCUT2D eigenvalue weighted by molar-refractivity contribution is -0.147. The van der Waals surface area contributed by atoms with Crippen LogP contribution in [0.25, 0.3) is 0 Å². The number of hydrogen-bond donors (Lipinski definition) is 2. The van der Waals surface area contributed by atoms with Crippen molar-refractivity contribution in [1.82, 2.24) is 15.5 Å². The van der Waals surface area contributed by atoms with Gasteiger partial charge in [-0.3, -0.25) is 14.4 Å². The van der Waals surface area contributed by atoms with E-state index in [0.717, 1.165) is 18.4 Å². The molecule has 0 aliphatic carbocycles. The van der Waals surface area contributed by atoms with Crippen molar-refractivity contribution in [3.05, 3.63) is 29.8 Å². The van der Waals surface area contributed by atoms with Crippen molar-refractivity contribution in [3.63, 3.8) is 0 Å². The topological polar surface area (TPSA) is 97.0 Å². The smallest absolute Gasteiger partial charge is 0.308 e. The molecule has 2 amide bonds. The minimum absolute atomic E-state index is 0.121. The highest BCUT2D eigenvalue weighted by Crippen LogP contribution is 2.13. The molecule has 0 saturated carbocycles. The van der Waals surface area contributed by atoms with Crippen molar-refractivity contribution in [2.75, 3.05) is 26.8 Å². The Balaban J connectivity index is 1.93. The lowest BCUT2D eigenvalue weighted by Crippen LogP contribution is -2.60. The van der Waals surface area contributed by atoms with Gasteiger partial charge in [-0.05, 0) is 36.3 Å². The van der Waals surface area contributed by atoms with E-state index in [2.05, 4.69) is 10.6 Å². The molecule has 1 fully saturated rings. The number of ether oxygens (including phenoxy) is 2. The molecule has 1 aromatic carbocycles. The van der Waals surface area contributed by atoms with E-state index in [4.69, 9.17) is 21.7 Å². The van der Waals surface area contributed by atoms with Gasteiger partial charge in [-0.25, -0.2) is 0 Å². The summed E-state index contributed by atoms with van der Waals surface area (Å²) >= 11 is 5.34. The Hall–Kier alpha value is -2.68. The van der Waals surface area contributed by atoms with Crippen LogP contribution in [0, 0.1) is 0 Å². The Morgan fingerprint density at radius 1 is 1.31 bits per heavy atom. The third kappa shape index (κ3) is 7.01. The van der Waals surface area contributed by atoms with Gasteiger partial charge in [-0.1, -0.05) is 25.5 Å². The van der Waals surface area contributed by atoms with Crippen molar-refractivity contribution in [3.8, 4) is 5.75 Å². The monoisotopic (exact) mass is 421 g/mol. The average Bonchev–Trinajstić information content (AvgIpc) is 2.70. The van der Waals surface area contributed by atoms with E-state index in [0.29, 0.717) is 25.4 Å². The van der Waals surface area contributed by atoms with E-state index in [1.165, 1.54) is 0 Å². The second-order valence-electron chi connectivity index (χ2n) is 6.66. The van der Waals surface area contributed by atoms with Crippen LogP contribution in [0.4, 0.5) is 0 Å². The van der Waals surface area contributed by atoms with E-state index >= 15 is 0 Å². The minimum atomic E-state index is -0.799. The predicted molar refractivity (Wildman–Crippen MR) is 111 cm³/mol. The Morgan fingerprint density at radius 3 is 2.69 bits per heavy atom. The zero-order chi connectivity index (χ0) is 21.2. The Labute approximate surface area is 175 Å². The van der Waals surface area contributed by atoms with E-state index < -0.39 is 12.0 Å². The SMILES string of the molecule is CCCCOC(=O)CC1C(=O)NCCN1C(=S)NC(=O)Cc1ccc(OC)cc1. The van der Waals surface area contributed by atoms with E-state index in [1.807, 2.05) is 6.92 Å². The number of amides is 2. The van der Waals surface area contributed by atoms with Gasteiger partial charge in [0.2, 0.25) is 11.8 Å². The molecule has 1 heterocycles. The summed E-state index contributed by atoms with van der Waals surface area (Å²) in [6.07, 6.45) is 1.69. The predicted octanol–water partition coefficient (Wildman–Crippen LogP) is 1.17. The number of hydrogen-bond acceptors (Lipinski definition) is 6. The van der Waals surface area contributed by atoms with Gasteiger partial charge >= 0.3 is 5.97 Å². The second kappa shape index (κ2) is 11.4. The molecule has 1 aliphatic rings. The van der Waals surface area contributed by atoms with Gasteiger partial charge < -0.3 is 25.0 Å². The maximum atomic E-state index is 12.4. The zero-order valence-corrected chi connectivity index (χ0v) is 17.5. The van der Waals surface area contributed by atoms with Crippen LogP contribution in [-0.2, 0) is 25.5 Å². The Morgan fingerprint density at radius 2 is 2.03 bits per heavy atom. The van der Waals surface area contributed by atoms with Gasteiger partial charge in [-0.15, -0.1) is 0 Å². The molecule has 0 aromatic heterocycles. The summed E-state index contributed by atoms with van der Waals surface area (Å²) in [4.78, 5) is 38.2. The number of carbonyl (C=O) groups excluding carboxylic acids is 3. The summed E-state index contributed by atoms with van der Waals surface area (Å²) in [5, 5.41) is 5.51. The molecule has 0 spiro atoms. The van der Waals surface area contributed by atoms with Crippen LogP contribution in [-0.4, -0.2) is 60.6 Å². The standard InChI is InChI=1S/C20H27N3O5S/c1-3-4-11-28-18(25)13-16-19(26)21-9-10-23(16)20(29)22-17(24)12-14-5-7-15(27-2)8-6-14/h5-8,16H,3-4,9-13H2,1-2H3,(H,21,26)(H,22,24,29). The zero-order valence-electron chi connectivity index (χ0n) is 16.7. The molecule has 1 unspecified atom stereocenters. The summed E-state index contributed by atoms with van der Waals surface area (Å²) in [7, 11) is 1.57. The lowest BCUT2D eigenvalue weighted by Gasteiger charge is -2.36. The van der Waals surface area contributed by atoms with Gasteiger partial charge in [0.1, 0.15) is 11.8 Å². The molecule has 29 heavy (non-hydrogen) atoms. The van der Waals surface area contributed by atoms with Crippen LogP contribution in [0.15, 0.2) is 24.3 Å². The first-order valence-electron chi connectivity index (χ1n) is 9.61. The number of piperazine rings is 1. The first kappa shape index (κ1) is 22.6. The first-order chi connectivity index (χ1) is 13.9. The van der Waals surface area contributed by atoms with Crippen LogP contribution in [0.5, 0.6) is 5.75 Å². The molecule has 9 heteroatoms. The molecule has 1 atom stereocenters. The normalized spacial score (nSPS) is 16.0. The highest BCUT2D eigenvalue weighted by Gasteiger charge is 2.34. The summed E-state index contributed by atoms with van der Waals surface area (Å²) in [6, 6.07) is 6.34. The lowest BCUT2D eigenvalue weighted by atomic mass is 10.1. The molecule has 1 aliphatic heterocycles. The second-order valence-corrected chi connectivity index (χ2v) is 7.04. The first-order valence-corrected chi connectivity index (χ1v) is 10.0. The van der Waals surface area contributed by atoms with Crippen LogP contribution in [0.2, 0.25) is 0 Å². The molecular formula is C20H27N3O5S. The number of nitrogens with zero attached hydrogens (tertiary/aromatic N) is 1. The summed E-state index contributed by atoms with van der Waals surface area (Å²) in [5.74, 6) is -0.360. The van der Waals surface area contributed by atoms with Gasteiger partial charge in [-0.2, -0.15) is 0 Å². The Bertz CT molecular complexity index is 738. The van der Waals surface area contributed by atoms with Crippen LogP contribution in [0.3, 0.4) is 0 Å². The summed E-state index contributed by atoms with van der Waals surface area (Å²) < 4.78 is 10.3. The molecule has 1 saturated heterocycles. The van der Waals surface area contributed by atoms with E-state index in [-0.39, 0.29) is 29.8 Å².